The Bertz CT molecular complexity index is 1200. The predicted octanol–water partition coefficient (Wildman–Crippen LogP) is 5.77. The molecule has 0 aliphatic carbocycles. The summed E-state index contributed by atoms with van der Waals surface area (Å²) >= 11 is 14.0. The van der Waals surface area contributed by atoms with Crippen LogP contribution in [0.2, 0.25) is 10.0 Å². The fraction of sp³-hybridized carbons (Fsp3) is 0.174. The number of aryl methyl sites for hydroxylation is 1. The summed E-state index contributed by atoms with van der Waals surface area (Å²) in [5.41, 5.74) is 2.57. The normalized spacial score (nSPS) is 11.2. The van der Waals surface area contributed by atoms with Crippen LogP contribution in [0.1, 0.15) is 21.5 Å². The van der Waals surface area contributed by atoms with E-state index in [1.165, 1.54) is 30.3 Å². The summed E-state index contributed by atoms with van der Waals surface area (Å²) < 4.78 is 27.6. The van der Waals surface area contributed by atoms with Gasteiger partial charge in [-0.2, -0.15) is 11.8 Å². The molecule has 0 radical (unpaired) electrons. The van der Waals surface area contributed by atoms with Crippen LogP contribution in [-0.4, -0.2) is 26.6 Å². The van der Waals surface area contributed by atoms with Crippen molar-refractivity contribution in [2.24, 2.45) is 0 Å². The molecular weight excluding hydrogens is 487 g/mol. The number of amides is 1. The number of nitrogens with one attached hydrogen (secondary N) is 2. The van der Waals surface area contributed by atoms with E-state index in [1.807, 2.05) is 31.2 Å². The minimum Gasteiger partial charge on any atom is -0.351 e. The second kappa shape index (κ2) is 11.1. The highest BCUT2D eigenvalue weighted by Crippen LogP contribution is 2.26. The predicted molar refractivity (Wildman–Crippen MR) is 133 cm³/mol. The average molecular weight is 509 g/mol. The van der Waals surface area contributed by atoms with Crippen LogP contribution < -0.4 is 10.0 Å². The molecule has 0 bridgehead atoms. The van der Waals surface area contributed by atoms with Crippen LogP contribution in [-0.2, 0) is 15.8 Å². The van der Waals surface area contributed by atoms with Crippen LogP contribution in [0.5, 0.6) is 0 Å². The Morgan fingerprint density at radius 2 is 1.69 bits per heavy atom. The van der Waals surface area contributed by atoms with Gasteiger partial charge in [0.25, 0.3) is 15.9 Å². The number of carbonyl (C=O) groups is 1. The van der Waals surface area contributed by atoms with E-state index in [0.29, 0.717) is 12.1 Å². The second-order valence-electron chi connectivity index (χ2n) is 7.01. The zero-order valence-electron chi connectivity index (χ0n) is 17.3. The van der Waals surface area contributed by atoms with E-state index < -0.39 is 10.0 Å². The number of anilines is 1. The average Bonchev–Trinajstić information content (AvgIpc) is 2.76. The first kappa shape index (κ1) is 24.5. The smallest absolute Gasteiger partial charge is 0.261 e. The van der Waals surface area contributed by atoms with Gasteiger partial charge in [0, 0.05) is 28.6 Å². The maximum atomic E-state index is 12.6. The fourth-order valence-corrected chi connectivity index (χ4v) is 5.30. The van der Waals surface area contributed by atoms with E-state index in [-0.39, 0.29) is 21.5 Å². The molecule has 9 heteroatoms. The summed E-state index contributed by atoms with van der Waals surface area (Å²) in [4.78, 5) is 12.5. The van der Waals surface area contributed by atoms with Crippen molar-refractivity contribution in [2.45, 2.75) is 17.6 Å². The lowest BCUT2D eigenvalue weighted by molar-refractivity contribution is 0.0956. The van der Waals surface area contributed by atoms with Gasteiger partial charge in [-0.15, -0.1) is 0 Å². The van der Waals surface area contributed by atoms with Gasteiger partial charge in [0.15, 0.2) is 0 Å². The molecule has 5 nitrogen and oxygen atoms in total. The third-order valence-electron chi connectivity index (χ3n) is 4.55. The molecule has 0 saturated carbocycles. The van der Waals surface area contributed by atoms with Crippen molar-refractivity contribution in [1.29, 1.82) is 0 Å². The molecule has 0 fully saturated rings. The van der Waals surface area contributed by atoms with Gasteiger partial charge in [0.2, 0.25) is 0 Å². The molecule has 3 aromatic rings. The van der Waals surface area contributed by atoms with Crippen LogP contribution in [0.25, 0.3) is 0 Å². The lowest BCUT2D eigenvalue weighted by Gasteiger charge is -2.11. The first-order chi connectivity index (χ1) is 15.3. The summed E-state index contributed by atoms with van der Waals surface area (Å²) in [5, 5.41) is 3.71. The quantitative estimate of drug-likeness (QED) is 0.360. The number of thioether (sulfide) groups is 1. The van der Waals surface area contributed by atoms with Crippen LogP contribution in [0.15, 0.2) is 71.6 Å². The maximum absolute atomic E-state index is 12.6. The zero-order valence-corrected chi connectivity index (χ0v) is 20.4. The Kier molecular flexibility index (Phi) is 8.48. The third-order valence-corrected chi connectivity index (χ3v) is 7.63. The van der Waals surface area contributed by atoms with Gasteiger partial charge in [-0.05, 0) is 48.9 Å². The Labute approximate surface area is 202 Å². The van der Waals surface area contributed by atoms with Crippen molar-refractivity contribution >= 4 is 56.6 Å². The summed E-state index contributed by atoms with van der Waals surface area (Å²) in [6.07, 6.45) is 0. The van der Waals surface area contributed by atoms with Gasteiger partial charge >= 0.3 is 0 Å². The summed E-state index contributed by atoms with van der Waals surface area (Å²) in [7, 11) is -3.78. The van der Waals surface area contributed by atoms with Crippen LogP contribution in [0.4, 0.5) is 5.69 Å². The van der Waals surface area contributed by atoms with E-state index in [9.17, 15) is 13.2 Å². The van der Waals surface area contributed by atoms with Gasteiger partial charge in [0.1, 0.15) is 0 Å². The van der Waals surface area contributed by atoms with Gasteiger partial charge in [0.05, 0.1) is 15.6 Å². The highest BCUT2D eigenvalue weighted by Gasteiger charge is 2.16. The zero-order chi connectivity index (χ0) is 23.1. The lowest BCUT2D eigenvalue weighted by Crippen LogP contribution is -2.25. The molecule has 1 amide bonds. The van der Waals surface area contributed by atoms with E-state index in [0.717, 1.165) is 27.7 Å². The second-order valence-corrected chi connectivity index (χ2v) is 10.6. The number of hydrogen-bond donors (Lipinski definition) is 2. The first-order valence-corrected chi connectivity index (χ1v) is 13.1. The van der Waals surface area contributed by atoms with E-state index in [2.05, 4.69) is 10.0 Å². The highest BCUT2D eigenvalue weighted by molar-refractivity contribution is 7.98. The molecule has 0 spiro atoms. The van der Waals surface area contributed by atoms with Crippen molar-refractivity contribution in [3.8, 4) is 0 Å². The molecule has 0 unspecified atom stereocenters. The standard InChI is InChI=1S/C23H22Cl2N2O3S2/c1-16-6-9-19(10-7-16)32(29,30)27-22-11-8-17(14-21(22)25)23(28)26-12-13-31-15-18-4-2-3-5-20(18)24/h2-11,14,27H,12-13,15H2,1H3,(H,26,28). The Morgan fingerprint density at radius 3 is 2.38 bits per heavy atom. The summed E-state index contributed by atoms with van der Waals surface area (Å²) in [6, 6.07) is 18.6. The summed E-state index contributed by atoms with van der Waals surface area (Å²) in [6.45, 7) is 2.36. The van der Waals surface area contributed by atoms with Gasteiger partial charge in [-0.3, -0.25) is 9.52 Å². The van der Waals surface area contributed by atoms with Gasteiger partial charge < -0.3 is 5.32 Å². The minimum atomic E-state index is -3.78. The van der Waals surface area contributed by atoms with E-state index in [4.69, 9.17) is 23.2 Å². The van der Waals surface area contributed by atoms with Gasteiger partial charge in [-0.25, -0.2) is 8.42 Å². The number of benzene rings is 3. The lowest BCUT2D eigenvalue weighted by atomic mass is 10.2. The number of rotatable bonds is 9. The monoisotopic (exact) mass is 508 g/mol. The highest BCUT2D eigenvalue weighted by atomic mass is 35.5. The molecule has 0 heterocycles. The Morgan fingerprint density at radius 1 is 0.969 bits per heavy atom. The molecule has 0 aromatic heterocycles. The number of hydrogen-bond acceptors (Lipinski definition) is 4. The maximum Gasteiger partial charge on any atom is 0.261 e. The third kappa shape index (κ3) is 6.65. The van der Waals surface area contributed by atoms with Crippen molar-refractivity contribution in [2.75, 3.05) is 17.0 Å². The van der Waals surface area contributed by atoms with Gasteiger partial charge in [-0.1, -0.05) is 59.1 Å². The number of sulfonamides is 1. The van der Waals surface area contributed by atoms with Crippen molar-refractivity contribution in [1.82, 2.24) is 5.32 Å². The minimum absolute atomic E-state index is 0.135. The Hall–Kier alpha value is -2.19. The topological polar surface area (TPSA) is 75.3 Å². The van der Waals surface area contributed by atoms with Crippen molar-refractivity contribution < 1.29 is 13.2 Å². The number of carbonyl (C=O) groups excluding carboxylic acids is 1. The largest absolute Gasteiger partial charge is 0.351 e. The number of halogens is 2. The van der Waals surface area contributed by atoms with E-state index >= 15 is 0 Å². The molecule has 0 atom stereocenters. The molecule has 3 aromatic carbocycles. The van der Waals surface area contributed by atoms with Crippen LogP contribution >= 0.6 is 35.0 Å². The SMILES string of the molecule is Cc1ccc(S(=O)(=O)Nc2ccc(C(=O)NCCSCc3ccccc3Cl)cc2Cl)cc1. The summed E-state index contributed by atoms with van der Waals surface area (Å²) in [5.74, 6) is 1.20. The molecule has 168 valence electrons. The van der Waals surface area contributed by atoms with Crippen molar-refractivity contribution in [3.05, 3.63) is 93.5 Å². The van der Waals surface area contributed by atoms with Crippen molar-refractivity contribution in [3.63, 3.8) is 0 Å². The molecule has 0 saturated heterocycles. The molecular formula is C23H22Cl2N2O3S2. The molecule has 0 aliphatic heterocycles. The molecule has 0 aliphatic rings. The molecule has 32 heavy (non-hydrogen) atoms. The molecule has 3 rings (SSSR count). The molecule has 2 N–H and O–H groups in total. The van der Waals surface area contributed by atoms with Crippen LogP contribution in [0, 0.1) is 6.92 Å². The Balaban J connectivity index is 1.53. The first-order valence-electron chi connectivity index (χ1n) is 9.74. The van der Waals surface area contributed by atoms with E-state index in [1.54, 1.807) is 23.9 Å². The van der Waals surface area contributed by atoms with Crippen LogP contribution in [0.3, 0.4) is 0 Å². The fourth-order valence-electron chi connectivity index (χ4n) is 2.80.